The minimum Gasteiger partial charge on any atom is -0.349 e. The second kappa shape index (κ2) is 8.72. The first-order valence-electron chi connectivity index (χ1n) is 9.15. The molecule has 1 aliphatic carbocycles. The van der Waals surface area contributed by atoms with Crippen molar-refractivity contribution in [1.82, 2.24) is 5.32 Å². The highest BCUT2D eigenvalue weighted by molar-refractivity contribution is 7.92. The smallest absolute Gasteiger partial charge is 0.261 e. The Labute approximate surface area is 175 Å². The third kappa shape index (κ3) is 4.99. The van der Waals surface area contributed by atoms with Gasteiger partial charge in [-0.25, -0.2) is 8.42 Å². The lowest BCUT2D eigenvalue weighted by Gasteiger charge is -2.23. The van der Waals surface area contributed by atoms with Crippen molar-refractivity contribution in [2.24, 2.45) is 0 Å². The van der Waals surface area contributed by atoms with E-state index in [0.717, 1.165) is 31.2 Å². The number of benzene rings is 2. The SMILES string of the molecule is Cc1ccc(S(=O)(=O)Nc2ccc(Cl)cc2Cl)cc1C(=O)NC1CCCCC1. The number of nitrogens with one attached hydrogen (secondary N) is 2. The summed E-state index contributed by atoms with van der Waals surface area (Å²) in [6.07, 6.45) is 5.31. The summed E-state index contributed by atoms with van der Waals surface area (Å²) in [5, 5.41) is 3.63. The Morgan fingerprint density at radius 1 is 1.04 bits per heavy atom. The number of hydrogen-bond acceptors (Lipinski definition) is 3. The summed E-state index contributed by atoms with van der Waals surface area (Å²) in [6.45, 7) is 1.79. The van der Waals surface area contributed by atoms with Gasteiger partial charge in [0.15, 0.2) is 0 Å². The average Bonchev–Trinajstić information content (AvgIpc) is 2.65. The van der Waals surface area contributed by atoms with E-state index in [9.17, 15) is 13.2 Å². The van der Waals surface area contributed by atoms with Gasteiger partial charge in [-0.05, 0) is 55.7 Å². The summed E-state index contributed by atoms with van der Waals surface area (Å²) in [5.41, 5.74) is 1.30. The first kappa shape index (κ1) is 21.0. The number of carbonyl (C=O) groups excluding carboxylic acids is 1. The number of sulfonamides is 1. The third-order valence-electron chi connectivity index (χ3n) is 4.88. The maximum atomic E-state index is 12.8. The van der Waals surface area contributed by atoms with E-state index in [0.29, 0.717) is 10.6 Å². The fourth-order valence-electron chi connectivity index (χ4n) is 3.30. The minimum absolute atomic E-state index is 0.00193. The van der Waals surface area contributed by atoms with E-state index < -0.39 is 10.0 Å². The van der Waals surface area contributed by atoms with Crippen LogP contribution in [0.2, 0.25) is 10.0 Å². The number of halogens is 2. The lowest BCUT2D eigenvalue weighted by molar-refractivity contribution is 0.0927. The number of rotatable bonds is 5. The van der Waals surface area contributed by atoms with Crippen LogP contribution in [0.15, 0.2) is 41.3 Å². The summed E-state index contributed by atoms with van der Waals surface area (Å²) < 4.78 is 28.0. The zero-order chi connectivity index (χ0) is 20.3. The van der Waals surface area contributed by atoms with E-state index in [1.165, 1.54) is 30.7 Å². The van der Waals surface area contributed by atoms with Crippen LogP contribution in [0.3, 0.4) is 0 Å². The standard InChI is InChI=1S/C20H22Cl2N2O3S/c1-13-7-9-16(12-17(13)20(25)23-15-5-3-2-4-6-15)28(26,27)24-19-10-8-14(21)11-18(19)22/h7-12,15,24H,2-6H2,1H3,(H,23,25). The molecule has 0 aliphatic heterocycles. The molecule has 0 atom stereocenters. The molecule has 5 nitrogen and oxygen atoms in total. The summed E-state index contributed by atoms with van der Waals surface area (Å²) in [5.74, 6) is -0.244. The molecule has 0 spiro atoms. The largest absolute Gasteiger partial charge is 0.349 e. The molecule has 0 radical (unpaired) electrons. The van der Waals surface area contributed by atoms with Gasteiger partial charge in [0.1, 0.15) is 0 Å². The molecule has 0 bridgehead atoms. The fraction of sp³-hybridized carbons (Fsp3) is 0.350. The fourth-order valence-corrected chi connectivity index (χ4v) is 4.92. The molecule has 150 valence electrons. The summed E-state index contributed by atoms with van der Waals surface area (Å²) in [4.78, 5) is 12.7. The molecule has 2 N–H and O–H groups in total. The summed E-state index contributed by atoms with van der Waals surface area (Å²) >= 11 is 11.9. The van der Waals surface area contributed by atoms with Crippen molar-refractivity contribution in [2.75, 3.05) is 4.72 Å². The van der Waals surface area contributed by atoms with Crippen molar-refractivity contribution in [2.45, 2.75) is 50.0 Å². The molecular formula is C20H22Cl2N2O3S. The summed E-state index contributed by atoms with van der Waals surface area (Å²) in [7, 11) is -3.91. The lowest BCUT2D eigenvalue weighted by Crippen LogP contribution is -2.36. The predicted molar refractivity (Wildman–Crippen MR) is 113 cm³/mol. The molecule has 1 saturated carbocycles. The van der Waals surface area contributed by atoms with E-state index in [-0.39, 0.29) is 27.6 Å². The van der Waals surface area contributed by atoms with Gasteiger partial charge in [-0.1, -0.05) is 48.5 Å². The van der Waals surface area contributed by atoms with Gasteiger partial charge in [0.05, 0.1) is 15.6 Å². The van der Waals surface area contributed by atoms with Crippen molar-refractivity contribution in [1.29, 1.82) is 0 Å². The van der Waals surface area contributed by atoms with Crippen molar-refractivity contribution < 1.29 is 13.2 Å². The van der Waals surface area contributed by atoms with Crippen LogP contribution >= 0.6 is 23.2 Å². The molecule has 8 heteroatoms. The van der Waals surface area contributed by atoms with Crippen LogP contribution in [0.1, 0.15) is 48.0 Å². The molecule has 0 heterocycles. The van der Waals surface area contributed by atoms with Crippen LogP contribution in [0.25, 0.3) is 0 Å². The van der Waals surface area contributed by atoms with Crippen LogP contribution < -0.4 is 10.0 Å². The van der Waals surface area contributed by atoms with Gasteiger partial charge < -0.3 is 5.32 Å². The first-order chi connectivity index (χ1) is 13.3. The normalized spacial score (nSPS) is 15.2. The van der Waals surface area contributed by atoms with Gasteiger partial charge in [0, 0.05) is 16.6 Å². The van der Waals surface area contributed by atoms with Crippen LogP contribution in [0.5, 0.6) is 0 Å². The van der Waals surface area contributed by atoms with Gasteiger partial charge in [-0.3, -0.25) is 9.52 Å². The van der Waals surface area contributed by atoms with Crippen LogP contribution in [-0.2, 0) is 10.0 Å². The monoisotopic (exact) mass is 440 g/mol. The van der Waals surface area contributed by atoms with Crippen molar-refractivity contribution in [3.63, 3.8) is 0 Å². The Bertz CT molecular complexity index is 987. The zero-order valence-electron chi connectivity index (χ0n) is 15.5. The molecule has 28 heavy (non-hydrogen) atoms. The number of amides is 1. The zero-order valence-corrected chi connectivity index (χ0v) is 17.8. The molecular weight excluding hydrogens is 419 g/mol. The molecule has 0 aromatic heterocycles. The second-order valence-corrected chi connectivity index (χ2v) is 9.54. The maximum absolute atomic E-state index is 12.8. The average molecular weight is 441 g/mol. The first-order valence-corrected chi connectivity index (χ1v) is 11.4. The predicted octanol–water partition coefficient (Wildman–Crippen LogP) is 5.17. The van der Waals surface area contributed by atoms with E-state index in [2.05, 4.69) is 10.0 Å². The number of aryl methyl sites for hydroxylation is 1. The van der Waals surface area contributed by atoms with Crippen molar-refractivity contribution in [3.05, 3.63) is 57.6 Å². The number of hydrogen-bond donors (Lipinski definition) is 2. The van der Waals surface area contributed by atoms with E-state index in [4.69, 9.17) is 23.2 Å². The lowest BCUT2D eigenvalue weighted by atomic mass is 9.95. The van der Waals surface area contributed by atoms with Crippen LogP contribution in [0, 0.1) is 6.92 Å². The van der Waals surface area contributed by atoms with E-state index in [1.807, 2.05) is 0 Å². The molecule has 3 rings (SSSR count). The van der Waals surface area contributed by atoms with Gasteiger partial charge in [0.25, 0.3) is 15.9 Å². The van der Waals surface area contributed by atoms with Gasteiger partial charge in [-0.2, -0.15) is 0 Å². The molecule has 1 amide bonds. The molecule has 0 saturated heterocycles. The van der Waals surface area contributed by atoms with Crippen LogP contribution in [-0.4, -0.2) is 20.4 Å². The van der Waals surface area contributed by atoms with Crippen molar-refractivity contribution in [3.8, 4) is 0 Å². The Morgan fingerprint density at radius 3 is 2.43 bits per heavy atom. The topological polar surface area (TPSA) is 75.3 Å². The Balaban J connectivity index is 1.83. The molecule has 2 aromatic rings. The highest BCUT2D eigenvalue weighted by atomic mass is 35.5. The molecule has 1 aliphatic rings. The number of carbonyl (C=O) groups is 1. The quantitative estimate of drug-likeness (QED) is 0.673. The van der Waals surface area contributed by atoms with Crippen LogP contribution in [0.4, 0.5) is 5.69 Å². The Kier molecular flexibility index (Phi) is 6.53. The molecule has 2 aromatic carbocycles. The Morgan fingerprint density at radius 2 is 1.75 bits per heavy atom. The molecule has 0 unspecified atom stereocenters. The minimum atomic E-state index is -3.91. The Hall–Kier alpha value is -1.76. The highest BCUT2D eigenvalue weighted by Gasteiger charge is 2.21. The van der Waals surface area contributed by atoms with Gasteiger partial charge in [0.2, 0.25) is 0 Å². The molecule has 1 fully saturated rings. The second-order valence-electron chi connectivity index (χ2n) is 7.01. The van der Waals surface area contributed by atoms with Crippen molar-refractivity contribution >= 4 is 44.8 Å². The van der Waals surface area contributed by atoms with E-state index in [1.54, 1.807) is 19.1 Å². The third-order valence-corrected chi connectivity index (χ3v) is 6.79. The van der Waals surface area contributed by atoms with Gasteiger partial charge >= 0.3 is 0 Å². The summed E-state index contributed by atoms with van der Waals surface area (Å²) in [6, 6.07) is 9.15. The number of anilines is 1. The highest BCUT2D eigenvalue weighted by Crippen LogP contribution is 2.28. The van der Waals surface area contributed by atoms with Gasteiger partial charge in [-0.15, -0.1) is 0 Å². The maximum Gasteiger partial charge on any atom is 0.261 e. The van der Waals surface area contributed by atoms with E-state index >= 15 is 0 Å².